The van der Waals surface area contributed by atoms with E-state index in [9.17, 15) is 4.39 Å². The van der Waals surface area contributed by atoms with E-state index in [4.69, 9.17) is 5.73 Å². The molecule has 0 aromatic heterocycles. The molecule has 0 aromatic rings. The lowest BCUT2D eigenvalue weighted by atomic mass is 10.3. The van der Waals surface area contributed by atoms with Crippen molar-refractivity contribution in [2.45, 2.75) is 12.5 Å². The van der Waals surface area contributed by atoms with Gasteiger partial charge in [-0.05, 0) is 6.42 Å². The van der Waals surface area contributed by atoms with Gasteiger partial charge >= 0.3 is 0 Å². The van der Waals surface area contributed by atoms with Crippen molar-refractivity contribution in [3.63, 3.8) is 0 Å². The average molecular weight is 148 g/mol. The molecule has 1 atom stereocenters. The summed E-state index contributed by atoms with van der Waals surface area (Å²) < 4.78 is 11.9. The molecule has 0 amide bonds. The molecule has 0 spiro atoms. The maximum absolute atomic E-state index is 11.9. The molecule has 0 fully saturated rings. The van der Waals surface area contributed by atoms with E-state index in [1.807, 2.05) is 0 Å². The number of halogens is 1. The number of thioether (sulfide) groups is 1. The maximum atomic E-state index is 11.9. The summed E-state index contributed by atoms with van der Waals surface area (Å²) in [5.41, 5.74) is 5.35. The molecule has 0 unspecified atom stereocenters. The fourth-order valence-electron chi connectivity index (χ4n) is 0.693. The second kappa shape index (κ2) is 3.06. The molecule has 9 heavy (non-hydrogen) atoms. The number of rotatable bonds is 1. The Labute approximate surface area is 57.7 Å². The van der Waals surface area contributed by atoms with E-state index in [-0.39, 0.29) is 12.7 Å². The monoisotopic (exact) mass is 148 g/mol. The number of amidine groups is 1. The zero-order valence-electron chi connectivity index (χ0n) is 5.01. The van der Waals surface area contributed by atoms with E-state index in [1.54, 1.807) is 0 Å². The number of hydrogen-bond acceptors (Lipinski definition) is 3. The van der Waals surface area contributed by atoms with Crippen LogP contribution in [0, 0.1) is 0 Å². The molecule has 2 nitrogen and oxygen atoms in total. The Morgan fingerprint density at radius 3 is 3.11 bits per heavy atom. The Bertz CT molecular complexity index is 126. The molecule has 0 radical (unpaired) electrons. The lowest BCUT2D eigenvalue weighted by molar-refractivity contribution is 0.424. The van der Waals surface area contributed by atoms with Crippen LogP contribution < -0.4 is 5.73 Å². The van der Waals surface area contributed by atoms with Gasteiger partial charge in [-0.15, -0.1) is 0 Å². The van der Waals surface area contributed by atoms with Crippen molar-refractivity contribution in [1.29, 1.82) is 0 Å². The average Bonchev–Trinajstić information content (AvgIpc) is 1.88. The molecule has 0 bridgehead atoms. The van der Waals surface area contributed by atoms with Gasteiger partial charge in [0, 0.05) is 5.75 Å². The van der Waals surface area contributed by atoms with Gasteiger partial charge in [0.1, 0.15) is 6.67 Å². The van der Waals surface area contributed by atoms with Gasteiger partial charge in [-0.25, -0.2) is 4.39 Å². The first-order valence-corrected chi connectivity index (χ1v) is 3.83. The fraction of sp³-hybridized carbons (Fsp3) is 0.800. The summed E-state index contributed by atoms with van der Waals surface area (Å²) in [6, 6.07) is -0.161. The normalized spacial score (nSPS) is 27.7. The summed E-state index contributed by atoms with van der Waals surface area (Å²) >= 11 is 1.50. The Kier molecular flexibility index (Phi) is 2.33. The van der Waals surface area contributed by atoms with Crippen LogP contribution in [0.1, 0.15) is 6.42 Å². The zero-order chi connectivity index (χ0) is 6.69. The van der Waals surface area contributed by atoms with Crippen molar-refractivity contribution in [2.24, 2.45) is 10.7 Å². The molecule has 0 aromatic carbocycles. The molecule has 1 aliphatic heterocycles. The second-order valence-electron chi connectivity index (χ2n) is 1.91. The van der Waals surface area contributed by atoms with Crippen molar-refractivity contribution in [3.05, 3.63) is 0 Å². The van der Waals surface area contributed by atoms with Gasteiger partial charge in [-0.3, -0.25) is 4.99 Å². The molecular weight excluding hydrogens is 139 g/mol. The van der Waals surface area contributed by atoms with E-state index in [0.717, 1.165) is 12.2 Å². The SMILES string of the molecule is NC1=N[C@@H](CF)CCS1. The molecule has 2 N–H and O–H groups in total. The van der Waals surface area contributed by atoms with Crippen molar-refractivity contribution in [3.8, 4) is 0 Å². The molecular formula is C5H9FN2S. The van der Waals surface area contributed by atoms with Crippen LogP contribution in [0.15, 0.2) is 4.99 Å². The first kappa shape index (κ1) is 6.86. The summed E-state index contributed by atoms with van der Waals surface area (Å²) in [5.74, 6) is 0.907. The highest BCUT2D eigenvalue weighted by atomic mass is 32.2. The van der Waals surface area contributed by atoms with Crippen LogP contribution >= 0.6 is 11.8 Å². The molecule has 1 heterocycles. The summed E-state index contributed by atoms with van der Waals surface area (Å²) in [5, 5.41) is 0.531. The first-order chi connectivity index (χ1) is 4.33. The van der Waals surface area contributed by atoms with Gasteiger partial charge in [0.25, 0.3) is 0 Å². The predicted octanol–water partition coefficient (Wildman–Crippen LogP) is 0.776. The summed E-state index contributed by atoms with van der Waals surface area (Å²) in [6.07, 6.45) is 0.821. The minimum Gasteiger partial charge on any atom is -0.379 e. The number of hydrogen-bond donors (Lipinski definition) is 1. The van der Waals surface area contributed by atoms with Crippen LogP contribution in [0.4, 0.5) is 4.39 Å². The highest BCUT2D eigenvalue weighted by molar-refractivity contribution is 8.13. The van der Waals surface area contributed by atoms with Gasteiger partial charge in [0.15, 0.2) is 5.17 Å². The Morgan fingerprint density at radius 1 is 1.89 bits per heavy atom. The van der Waals surface area contributed by atoms with Crippen LogP contribution in [0.3, 0.4) is 0 Å². The minimum absolute atomic E-state index is 0.161. The largest absolute Gasteiger partial charge is 0.379 e. The Morgan fingerprint density at radius 2 is 2.67 bits per heavy atom. The molecule has 0 saturated heterocycles. The van der Waals surface area contributed by atoms with E-state index in [2.05, 4.69) is 4.99 Å². The smallest absolute Gasteiger partial charge is 0.154 e. The highest BCUT2D eigenvalue weighted by Crippen LogP contribution is 2.14. The van der Waals surface area contributed by atoms with E-state index < -0.39 is 0 Å². The molecule has 4 heteroatoms. The van der Waals surface area contributed by atoms with E-state index in [1.165, 1.54) is 11.8 Å². The van der Waals surface area contributed by atoms with Crippen LogP contribution in [-0.4, -0.2) is 23.6 Å². The Hall–Kier alpha value is -0.250. The number of nitrogens with two attached hydrogens (primary N) is 1. The minimum atomic E-state index is -0.374. The molecule has 1 aliphatic rings. The van der Waals surface area contributed by atoms with Gasteiger partial charge in [-0.1, -0.05) is 11.8 Å². The standard InChI is InChI=1S/C5H9FN2S/c6-3-4-1-2-9-5(7)8-4/h4H,1-3H2,(H2,7,8)/t4-/m1/s1. The lowest BCUT2D eigenvalue weighted by Gasteiger charge is -2.13. The van der Waals surface area contributed by atoms with Crippen LogP contribution in [0.25, 0.3) is 0 Å². The van der Waals surface area contributed by atoms with E-state index >= 15 is 0 Å². The van der Waals surface area contributed by atoms with Crippen LogP contribution in [-0.2, 0) is 0 Å². The van der Waals surface area contributed by atoms with Crippen molar-refractivity contribution in [1.82, 2.24) is 0 Å². The summed E-state index contributed by atoms with van der Waals surface area (Å²) in [4.78, 5) is 3.88. The summed E-state index contributed by atoms with van der Waals surface area (Å²) in [7, 11) is 0. The molecule has 52 valence electrons. The second-order valence-corrected chi connectivity index (χ2v) is 3.03. The van der Waals surface area contributed by atoms with Crippen molar-refractivity contribution >= 4 is 16.9 Å². The number of aliphatic imine (C=N–C) groups is 1. The third-order valence-corrected chi connectivity index (χ3v) is 2.03. The van der Waals surface area contributed by atoms with Gasteiger partial charge in [0.05, 0.1) is 6.04 Å². The van der Waals surface area contributed by atoms with Crippen molar-refractivity contribution < 1.29 is 4.39 Å². The molecule has 1 rings (SSSR count). The maximum Gasteiger partial charge on any atom is 0.154 e. The quantitative estimate of drug-likeness (QED) is 0.596. The lowest BCUT2D eigenvalue weighted by Crippen LogP contribution is -2.21. The van der Waals surface area contributed by atoms with Gasteiger partial charge in [-0.2, -0.15) is 0 Å². The van der Waals surface area contributed by atoms with Crippen LogP contribution in [0.5, 0.6) is 0 Å². The molecule has 0 aliphatic carbocycles. The van der Waals surface area contributed by atoms with E-state index in [0.29, 0.717) is 5.17 Å². The number of nitrogens with zero attached hydrogens (tertiary/aromatic N) is 1. The van der Waals surface area contributed by atoms with Crippen LogP contribution in [0.2, 0.25) is 0 Å². The molecule has 0 saturated carbocycles. The third kappa shape index (κ3) is 1.86. The highest BCUT2D eigenvalue weighted by Gasteiger charge is 2.12. The van der Waals surface area contributed by atoms with Crippen molar-refractivity contribution in [2.75, 3.05) is 12.4 Å². The summed E-state index contributed by atoms with van der Waals surface area (Å²) in [6.45, 7) is -0.374. The van der Waals surface area contributed by atoms with Gasteiger partial charge in [0.2, 0.25) is 0 Å². The fourth-order valence-corrected chi connectivity index (χ4v) is 1.52. The number of alkyl halides is 1. The predicted molar refractivity (Wildman–Crippen MR) is 38.5 cm³/mol. The third-order valence-electron chi connectivity index (χ3n) is 1.19. The first-order valence-electron chi connectivity index (χ1n) is 2.85. The van der Waals surface area contributed by atoms with Gasteiger partial charge < -0.3 is 5.73 Å². The topological polar surface area (TPSA) is 38.4 Å². The zero-order valence-corrected chi connectivity index (χ0v) is 5.83. The Balaban J connectivity index is 2.47.